The van der Waals surface area contributed by atoms with Crippen molar-refractivity contribution in [2.75, 3.05) is 62.1 Å². The number of anilines is 4. The van der Waals surface area contributed by atoms with Crippen molar-refractivity contribution < 1.29 is 19.1 Å². The molecule has 7 rings (SSSR count). The Balaban J connectivity index is 1.05. The molecule has 2 N–H and O–H groups in total. The molecule has 11 heteroatoms. The lowest BCUT2D eigenvalue weighted by Gasteiger charge is -2.38. The first-order valence-corrected chi connectivity index (χ1v) is 16.4. The molecule has 3 heterocycles. The third-order valence-electron chi connectivity index (χ3n) is 10.5. The summed E-state index contributed by atoms with van der Waals surface area (Å²) in [4.78, 5) is 42.9. The summed E-state index contributed by atoms with van der Waals surface area (Å²) < 4.78 is 11.2. The third kappa shape index (κ3) is 5.72. The topological polar surface area (TPSA) is 112 Å². The third-order valence-corrected chi connectivity index (χ3v) is 10.5. The summed E-state index contributed by atoms with van der Waals surface area (Å²) in [5, 5.41) is 6.58. The summed E-state index contributed by atoms with van der Waals surface area (Å²) >= 11 is 0. The van der Waals surface area contributed by atoms with Gasteiger partial charge in [-0.2, -0.15) is 4.98 Å². The van der Waals surface area contributed by atoms with E-state index in [1.165, 1.54) is 12.8 Å². The van der Waals surface area contributed by atoms with E-state index in [0.717, 1.165) is 89.2 Å². The van der Waals surface area contributed by atoms with E-state index in [9.17, 15) is 9.59 Å². The number of amides is 2. The van der Waals surface area contributed by atoms with Crippen LogP contribution >= 0.6 is 0 Å². The van der Waals surface area contributed by atoms with Gasteiger partial charge in [-0.25, -0.2) is 4.98 Å². The zero-order chi connectivity index (χ0) is 30.3. The highest BCUT2D eigenvalue weighted by atomic mass is 16.5. The number of rotatable bonds is 7. The van der Waals surface area contributed by atoms with Crippen LogP contribution in [0.2, 0.25) is 0 Å². The number of carbonyl (C=O) groups excluding carboxylic acids is 2. The maximum absolute atomic E-state index is 13.4. The fourth-order valence-electron chi connectivity index (χ4n) is 7.70. The molecule has 11 nitrogen and oxygen atoms in total. The van der Waals surface area contributed by atoms with Crippen LogP contribution in [-0.2, 0) is 9.53 Å². The van der Waals surface area contributed by atoms with Crippen LogP contribution in [0.25, 0.3) is 0 Å². The van der Waals surface area contributed by atoms with E-state index in [0.29, 0.717) is 41.6 Å². The van der Waals surface area contributed by atoms with Gasteiger partial charge in [-0.15, -0.1) is 0 Å². The van der Waals surface area contributed by atoms with Crippen molar-refractivity contribution in [2.45, 2.75) is 82.3 Å². The van der Waals surface area contributed by atoms with Crippen LogP contribution in [0.1, 0.15) is 74.6 Å². The molecular weight excluding hydrogens is 558 g/mol. The molecule has 236 valence electrons. The van der Waals surface area contributed by atoms with Gasteiger partial charge in [-0.05, 0) is 69.6 Å². The zero-order valence-corrected chi connectivity index (χ0v) is 26.0. The van der Waals surface area contributed by atoms with Gasteiger partial charge in [0.1, 0.15) is 11.4 Å². The SMILES string of the molecule is COc1cc(C(=O)N[C@H]2CC[C@H](N3CCOCC3)CC2)ccc1Nc1ncc2c(n1)N(C1CCCC1)CC1(CC1)C(=O)N2C. The number of nitrogens with zero attached hydrogens (tertiary/aromatic N) is 5. The summed E-state index contributed by atoms with van der Waals surface area (Å²) in [5.41, 5.74) is 1.70. The van der Waals surface area contributed by atoms with Crippen LogP contribution in [0, 0.1) is 5.41 Å². The van der Waals surface area contributed by atoms with Crippen LogP contribution in [0.3, 0.4) is 0 Å². The van der Waals surface area contributed by atoms with Gasteiger partial charge < -0.3 is 29.9 Å². The maximum atomic E-state index is 13.4. The van der Waals surface area contributed by atoms with Gasteiger partial charge in [0.05, 0.1) is 37.6 Å². The molecule has 0 atom stereocenters. The molecule has 44 heavy (non-hydrogen) atoms. The minimum absolute atomic E-state index is 0.0835. The van der Waals surface area contributed by atoms with Gasteiger partial charge in [0.25, 0.3) is 5.91 Å². The van der Waals surface area contributed by atoms with E-state index in [1.807, 2.05) is 19.2 Å². The molecule has 1 aromatic heterocycles. The second-order valence-corrected chi connectivity index (χ2v) is 13.3. The molecule has 4 fully saturated rings. The fraction of sp³-hybridized carbons (Fsp3) is 0.636. The van der Waals surface area contributed by atoms with Crippen molar-refractivity contribution >= 4 is 35.0 Å². The standard InChI is InChI=1S/C33H45N7O4/c1-38-27-20-34-32(37-29(27)40(25-5-3-4-6-25)21-33(13-14-33)31(38)42)36-26-12-7-22(19-28(26)43-2)30(41)35-23-8-10-24(11-9-23)39-15-17-44-18-16-39/h7,12,19-20,23-25H,3-6,8-11,13-18,21H2,1-2H3,(H,35,41)(H,34,36,37)/t23-,24-. The number of methoxy groups -OCH3 is 1. The number of hydrogen-bond donors (Lipinski definition) is 2. The number of aromatic nitrogens is 2. The van der Waals surface area contributed by atoms with E-state index in [2.05, 4.69) is 25.4 Å². The van der Waals surface area contributed by atoms with Gasteiger partial charge in [0.2, 0.25) is 11.9 Å². The van der Waals surface area contributed by atoms with Crippen molar-refractivity contribution in [3.63, 3.8) is 0 Å². The molecule has 2 aliphatic heterocycles. The van der Waals surface area contributed by atoms with Gasteiger partial charge in [-0.1, -0.05) is 12.8 Å². The lowest BCUT2D eigenvalue weighted by Crippen LogP contribution is -2.47. The number of morpholine rings is 1. The maximum Gasteiger partial charge on any atom is 0.251 e. The first kappa shape index (κ1) is 29.3. The van der Waals surface area contributed by atoms with E-state index in [-0.39, 0.29) is 23.3 Å². The minimum Gasteiger partial charge on any atom is -0.495 e. The fourth-order valence-corrected chi connectivity index (χ4v) is 7.70. The van der Waals surface area contributed by atoms with Crippen molar-refractivity contribution in [1.82, 2.24) is 20.2 Å². The Labute approximate surface area is 259 Å². The largest absolute Gasteiger partial charge is 0.495 e. The second kappa shape index (κ2) is 12.2. The molecule has 2 amide bonds. The molecule has 2 aromatic rings. The van der Waals surface area contributed by atoms with Gasteiger partial charge >= 0.3 is 0 Å². The lowest BCUT2D eigenvalue weighted by atomic mass is 9.89. The van der Waals surface area contributed by atoms with Crippen LogP contribution in [0.5, 0.6) is 5.75 Å². The molecule has 1 spiro atoms. The first-order chi connectivity index (χ1) is 21.4. The highest BCUT2D eigenvalue weighted by Gasteiger charge is 2.55. The van der Waals surface area contributed by atoms with Crippen LogP contribution in [0.15, 0.2) is 24.4 Å². The summed E-state index contributed by atoms with van der Waals surface area (Å²) in [6, 6.07) is 6.59. The number of hydrogen-bond acceptors (Lipinski definition) is 9. The molecular formula is C33H45N7O4. The Bertz CT molecular complexity index is 1380. The number of ether oxygens (including phenoxy) is 2. The van der Waals surface area contributed by atoms with Crippen LogP contribution in [-0.4, -0.2) is 91.8 Å². The average Bonchev–Trinajstić information content (AvgIpc) is 3.67. The Kier molecular flexibility index (Phi) is 8.09. The number of nitrogens with one attached hydrogen (secondary N) is 2. The zero-order valence-electron chi connectivity index (χ0n) is 26.0. The Morgan fingerprint density at radius 3 is 2.50 bits per heavy atom. The number of carbonyl (C=O) groups is 2. The minimum atomic E-state index is -0.298. The quantitative estimate of drug-likeness (QED) is 0.483. The highest BCUT2D eigenvalue weighted by Crippen LogP contribution is 2.52. The Hall–Kier alpha value is -3.44. The van der Waals surface area contributed by atoms with E-state index in [1.54, 1.807) is 24.3 Å². The molecule has 5 aliphatic rings. The first-order valence-electron chi connectivity index (χ1n) is 16.4. The highest BCUT2D eigenvalue weighted by molar-refractivity contribution is 6.03. The average molecular weight is 604 g/mol. The normalized spacial score (nSPS) is 25.5. The van der Waals surface area contributed by atoms with Crippen molar-refractivity contribution in [3.05, 3.63) is 30.0 Å². The molecule has 3 aliphatic carbocycles. The summed E-state index contributed by atoms with van der Waals surface area (Å²) in [6.45, 7) is 4.37. The van der Waals surface area contributed by atoms with Crippen molar-refractivity contribution in [3.8, 4) is 5.75 Å². The van der Waals surface area contributed by atoms with Crippen molar-refractivity contribution in [1.29, 1.82) is 0 Å². The predicted molar refractivity (Wildman–Crippen MR) is 169 cm³/mol. The predicted octanol–water partition coefficient (Wildman–Crippen LogP) is 4.11. The van der Waals surface area contributed by atoms with E-state index >= 15 is 0 Å². The lowest BCUT2D eigenvalue weighted by molar-refractivity contribution is -0.122. The summed E-state index contributed by atoms with van der Waals surface area (Å²) in [5.74, 6) is 1.88. The number of benzene rings is 1. The monoisotopic (exact) mass is 603 g/mol. The van der Waals surface area contributed by atoms with Gasteiger partial charge in [-0.3, -0.25) is 14.5 Å². The Morgan fingerprint density at radius 1 is 1.05 bits per heavy atom. The summed E-state index contributed by atoms with van der Waals surface area (Å²) in [7, 11) is 3.45. The molecule has 0 unspecified atom stereocenters. The smallest absolute Gasteiger partial charge is 0.251 e. The second-order valence-electron chi connectivity index (χ2n) is 13.3. The van der Waals surface area contributed by atoms with E-state index in [4.69, 9.17) is 14.5 Å². The Morgan fingerprint density at radius 2 is 1.80 bits per heavy atom. The van der Waals surface area contributed by atoms with Gasteiger partial charge in [0, 0.05) is 50.4 Å². The van der Waals surface area contributed by atoms with E-state index < -0.39 is 0 Å². The molecule has 1 saturated heterocycles. The van der Waals surface area contributed by atoms with Crippen LogP contribution < -0.4 is 25.2 Å². The molecule has 1 aromatic carbocycles. The molecule has 0 radical (unpaired) electrons. The molecule has 0 bridgehead atoms. The summed E-state index contributed by atoms with van der Waals surface area (Å²) in [6.07, 6.45) is 12.4. The van der Waals surface area contributed by atoms with Crippen molar-refractivity contribution in [2.24, 2.45) is 5.41 Å². The molecule has 3 saturated carbocycles. The van der Waals surface area contributed by atoms with Crippen LogP contribution in [0.4, 0.5) is 23.1 Å². The van der Waals surface area contributed by atoms with Gasteiger partial charge in [0.15, 0.2) is 5.82 Å². The number of fused-ring (bicyclic) bond motifs is 1.